The van der Waals surface area contributed by atoms with Gasteiger partial charge in [0.1, 0.15) is 5.69 Å². The van der Waals surface area contributed by atoms with E-state index in [2.05, 4.69) is 4.74 Å². The number of rotatable bonds is 2. The fourth-order valence-corrected chi connectivity index (χ4v) is 1.93. The molecule has 2 N–H and O–H groups in total. The summed E-state index contributed by atoms with van der Waals surface area (Å²) in [6.07, 6.45) is 0. The number of hydrogen-bond acceptors (Lipinski definition) is 3. The Hall–Kier alpha value is -2.85. The number of nitrogens with two attached hydrogens (primary N) is 1. The Bertz CT molecular complexity index is 855. The van der Waals surface area contributed by atoms with E-state index in [9.17, 15) is 39.9 Å². The van der Waals surface area contributed by atoms with Crippen LogP contribution in [0.4, 0.5) is 40.8 Å². The highest BCUT2D eigenvalue weighted by Crippen LogP contribution is 2.40. The van der Waals surface area contributed by atoms with E-state index in [-0.39, 0.29) is 0 Å². The van der Waals surface area contributed by atoms with Crippen molar-refractivity contribution in [2.75, 3.05) is 5.73 Å². The molecule has 134 valence electrons. The van der Waals surface area contributed by atoms with E-state index in [0.29, 0.717) is 6.92 Å². The van der Waals surface area contributed by atoms with E-state index >= 15 is 0 Å². The molecule has 3 nitrogen and oxygen atoms in total. The Morgan fingerprint density at radius 2 is 1.00 bits per heavy atom. The van der Waals surface area contributed by atoms with Gasteiger partial charge in [0.05, 0.1) is 11.1 Å². The van der Waals surface area contributed by atoms with Crippen LogP contribution in [0, 0.1) is 46.5 Å². The largest absolute Gasteiger partial charge is 0.420 e. The van der Waals surface area contributed by atoms with Gasteiger partial charge in [0.25, 0.3) is 0 Å². The van der Waals surface area contributed by atoms with Gasteiger partial charge in [0, 0.05) is 6.92 Å². The van der Waals surface area contributed by atoms with Gasteiger partial charge in [0.15, 0.2) is 34.9 Å². The Morgan fingerprint density at radius 3 is 1.32 bits per heavy atom. The summed E-state index contributed by atoms with van der Waals surface area (Å²) in [5.41, 5.74) is -1.07. The first-order valence-corrected chi connectivity index (χ1v) is 6.16. The maximum absolute atomic E-state index is 14.0. The van der Waals surface area contributed by atoms with Gasteiger partial charge >= 0.3 is 5.97 Å². The third-order valence-corrected chi connectivity index (χ3v) is 3.02. The number of esters is 1. The highest BCUT2D eigenvalue weighted by Gasteiger charge is 2.34. The maximum Gasteiger partial charge on any atom is 0.308 e. The minimum absolute atomic E-state index is 0.645. The zero-order chi connectivity index (χ0) is 19.2. The monoisotopic (exact) mass is 371 g/mol. The van der Waals surface area contributed by atoms with Crippen molar-refractivity contribution in [3.63, 3.8) is 0 Å². The van der Waals surface area contributed by atoms with Crippen LogP contribution in [-0.4, -0.2) is 5.97 Å². The molecule has 0 aliphatic heterocycles. The average molecular weight is 371 g/mol. The van der Waals surface area contributed by atoms with Crippen LogP contribution in [0.25, 0.3) is 11.1 Å². The Balaban J connectivity index is 2.94. The molecule has 0 fully saturated rings. The van der Waals surface area contributed by atoms with Gasteiger partial charge in [-0.25, -0.2) is 26.3 Å². The van der Waals surface area contributed by atoms with Crippen LogP contribution in [-0.2, 0) is 4.79 Å². The van der Waals surface area contributed by atoms with E-state index in [4.69, 9.17) is 5.73 Å². The predicted octanol–water partition coefficient (Wildman–Crippen LogP) is 3.97. The fourth-order valence-electron chi connectivity index (χ4n) is 1.93. The molecule has 0 aliphatic rings. The molecule has 2 rings (SSSR count). The molecule has 0 saturated heterocycles. The number of benzene rings is 2. The number of carbonyl (C=O) groups excluding carboxylic acids is 1. The van der Waals surface area contributed by atoms with Crippen LogP contribution >= 0.6 is 0 Å². The first-order chi connectivity index (χ1) is 11.5. The molecule has 0 amide bonds. The summed E-state index contributed by atoms with van der Waals surface area (Å²) in [7, 11) is 0. The van der Waals surface area contributed by atoms with Crippen LogP contribution in [0.1, 0.15) is 6.92 Å². The van der Waals surface area contributed by atoms with E-state index in [0.717, 1.165) is 0 Å². The Morgan fingerprint density at radius 1 is 0.680 bits per heavy atom. The topological polar surface area (TPSA) is 52.3 Å². The normalized spacial score (nSPS) is 10.9. The van der Waals surface area contributed by atoms with Gasteiger partial charge in [-0.1, -0.05) is 0 Å². The van der Waals surface area contributed by atoms with Crippen molar-refractivity contribution >= 4 is 11.7 Å². The number of nitrogen functional groups attached to an aromatic ring is 1. The Labute approximate surface area is 133 Å². The lowest BCUT2D eigenvalue weighted by molar-refractivity contribution is -0.132. The van der Waals surface area contributed by atoms with Gasteiger partial charge in [-0.3, -0.25) is 4.79 Å². The van der Waals surface area contributed by atoms with Gasteiger partial charge < -0.3 is 10.5 Å². The predicted molar refractivity (Wildman–Crippen MR) is 67.3 cm³/mol. The molecular weight excluding hydrogens is 366 g/mol. The summed E-state index contributed by atoms with van der Waals surface area (Å²) >= 11 is 0. The van der Waals surface area contributed by atoms with E-state index in [1.807, 2.05) is 0 Å². The van der Waals surface area contributed by atoms with Crippen LogP contribution in [0.3, 0.4) is 0 Å². The quantitative estimate of drug-likeness (QED) is 0.286. The molecule has 0 aromatic heterocycles. The van der Waals surface area contributed by atoms with Gasteiger partial charge in [-0.2, -0.15) is 8.78 Å². The molecule has 0 atom stereocenters. The van der Waals surface area contributed by atoms with Crippen molar-refractivity contribution < 1.29 is 44.7 Å². The van der Waals surface area contributed by atoms with Crippen LogP contribution in [0.15, 0.2) is 0 Å². The van der Waals surface area contributed by atoms with Crippen molar-refractivity contribution in [3.05, 3.63) is 46.5 Å². The molecule has 0 aliphatic carbocycles. The van der Waals surface area contributed by atoms with Gasteiger partial charge in [-0.15, -0.1) is 0 Å². The summed E-state index contributed by atoms with van der Waals surface area (Å²) in [6, 6.07) is 0. The zero-order valence-corrected chi connectivity index (χ0v) is 11.9. The minimum atomic E-state index is -2.45. The minimum Gasteiger partial charge on any atom is -0.420 e. The molecule has 2 aromatic carbocycles. The zero-order valence-electron chi connectivity index (χ0n) is 11.9. The smallest absolute Gasteiger partial charge is 0.308 e. The lowest BCUT2D eigenvalue weighted by Gasteiger charge is -2.14. The van der Waals surface area contributed by atoms with Crippen LogP contribution in [0.2, 0.25) is 0 Å². The van der Waals surface area contributed by atoms with Crippen molar-refractivity contribution in [2.24, 2.45) is 0 Å². The summed E-state index contributed by atoms with van der Waals surface area (Å²) in [5.74, 6) is -22.0. The average Bonchev–Trinajstić information content (AvgIpc) is 2.56. The highest BCUT2D eigenvalue weighted by atomic mass is 19.2. The molecule has 0 saturated carbocycles. The van der Waals surface area contributed by atoms with Crippen LogP contribution in [0.5, 0.6) is 5.75 Å². The van der Waals surface area contributed by atoms with E-state index in [1.54, 1.807) is 0 Å². The molecule has 0 spiro atoms. The summed E-state index contributed by atoms with van der Waals surface area (Å²) in [4.78, 5) is 10.7. The highest BCUT2D eigenvalue weighted by molar-refractivity contribution is 5.73. The fraction of sp³-hybridized carbons (Fsp3) is 0.0714. The summed E-state index contributed by atoms with van der Waals surface area (Å²) in [6.45, 7) is 0.645. The maximum atomic E-state index is 14.0. The molecule has 0 unspecified atom stereocenters. The number of halogens is 8. The first kappa shape index (κ1) is 18.5. The number of hydrogen-bond donors (Lipinski definition) is 1. The van der Waals surface area contributed by atoms with Gasteiger partial charge in [0.2, 0.25) is 17.4 Å². The second-order valence-electron chi connectivity index (χ2n) is 4.60. The number of anilines is 1. The third kappa shape index (κ3) is 2.75. The molecule has 25 heavy (non-hydrogen) atoms. The molecule has 2 aromatic rings. The van der Waals surface area contributed by atoms with E-state index < -0.39 is 75.1 Å². The van der Waals surface area contributed by atoms with Crippen molar-refractivity contribution in [1.82, 2.24) is 0 Å². The van der Waals surface area contributed by atoms with Crippen LogP contribution < -0.4 is 10.5 Å². The molecule has 11 heteroatoms. The van der Waals surface area contributed by atoms with E-state index in [1.165, 1.54) is 0 Å². The number of ether oxygens (including phenoxy) is 1. The van der Waals surface area contributed by atoms with Crippen molar-refractivity contribution in [2.45, 2.75) is 6.92 Å². The second kappa shape index (κ2) is 6.22. The van der Waals surface area contributed by atoms with Crippen molar-refractivity contribution in [1.29, 1.82) is 0 Å². The molecule has 0 bridgehead atoms. The van der Waals surface area contributed by atoms with Gasteiger partial charge in [-0.05, 0) is 0 Å². The molecule has 0 heterocycles. The Kier molecular flexibility index (Phi) is 4.60. The number of carbonyl (C=O) groups is 1. The van der Waals surface area contributed by atoms with Crippen molar-refractivity contribution in [3.8, 4) is 16.9 Å². The SMILES string of the molecule is CC(=O)Oc1c(F)c(F)c(-c2c(F)c(F)c(N)c(F)c2F)c(F)c1F. The first-order valence-electron chi connectivity index (χ1n) is 6.16. The third-order valence-electron chi connectivity index (χ3n) is 3.02. The molecular formula is C14H5F8NO2. The second-order valence-corrected chi connectivity index (χ2v) is 4.60. The lowest BCUT2D eigenvalue weighted by atomic mass is 10.0. The standard InChI is InChI=1S/C14H5F8NO2/c1-2(24)25-14-11(21)7(17)4(8(18)12(14)22)3-5(15)9(19)13(23)10(20)6(3)16/h23H2,1H3. The molecule has 0 radical (unpaired) electrons. The summed E-state index contributed by atoms with van der Waals surface area (Å²) < 4.78 is 114. The summed E-state index contributed by atoms with van der Waals surface area (Å²) in [5, 5.41) is 0. The lowest BCUT2D eigenvalue weighted by Crippen LogP contribution is -2.12.